The molecule has 1 N–H and O–H groups in total. The van der Waals surface area contributed by atoms with E-state index in [1.54, 1.807) is 48.5 Å². The summed E-state index contributed by atoms with van der Waals surface area (Å²) in [5, 5.41) is 10.5. The fourth-order valence-corrected chi connectivity index (χ4v) is 2.49. The number of carbonyl (C=O) groups is 2. The van der Waals surface area contributed by atoms with E-state index in [2.05, 4.69) is 15.5 Å². The van der Waals surface area contributed by atoms with Crippen LogP contribution in [0.5, 0.6) is 5.75 Å². The second-order valence-corrected chi connectivity index (χ2v) is 6.24. The summed E-state index contributed by atoms with van der Waals surface area (Å²) >= 11 is 6.00. The van der Waals surface area contributed by atoms with Crippen molar-refractivity contribution < 1.29 is 18.7 Å². The summed E-state index contributed by atoms with van der Waals surface area (Å²) < 4.78 is 10.6. The number of hydrogen-bond acceptors (Lipinski definition) is 6. The van der Waals surface area contributed by atoms with Crippen molar-refractivity contribution >= 4 is 29.1 Å². The summed E-state index contributed by atoms with van der Waals surface area (Å²) in [4.78, 5) is 25.5. The molecular formula is C19H17ClN4O4. The van der Waals surface area contributed by atoms with Gasteiger partial charge in [-0.05, 0) is 36.4 Å². The van der Waals surface area contributed by atoms with E-state index in [0.717, 1.165) is 5.56 Å². The SMILES string of the molecule is CN(CC(=O)Nc1ccccc1Cl)C(=O)COc1ccc(-c2nnco2)cc1. The Balaban J connectivity index is 1.47. The number of halogens is 1. The Morgan fingerprint density at radius 1 is 1.18 bits per heavy atom. The molecule has 2 amide bonds. The fraction of sp³-hybridized carbons (Fsp3) is 0.158. The van der Waals surface area contributed by atoms with Gasteiger partial charge in [-0.15, -0.1) is 10.2 Å². The smallest absolute Gasteiger partial charge is 0.260 e. The number of para-hydroxylation sites is 1. The molecule has 28 heavy (non-hydrogen) atoms. The molecule has 1 aromatic heterocycles. The highest BCUT2D eigenvalue weighted by atomic mass is 35.5. The molecule has 0 aliphatic carbocycles. The number of anilines is 1. The maximum atomic E-state index is 12.2. The van der Waals surface area contributed by atoms with Crippen LogP contribution in [0.15, 0.2) is 59.3 Å². The molecule has 0 spiro atoms. The van der Waals surface area contributed by atoms with E-state index >= 15 is 0 Å². The maximum Gasteiger partial charge on any atom is 0.260 e. The number of likely N-dealkylation sites (N-methyl/N-ethyl adjacent to an activating group) is 1. The first-order valence-electron chi connectivity index (χ1n) is 8.30. The number of benzene rings is 2. The molecule has 0 saturated carbocycles. The third-order valence-electron chi connectivity index (χ3n) is 3.78. The maximum absolute atomic E-state index is 12.2. The van der Waals surface area contributed by atoms with E-state index in [0.29, 0.717) is 22.4 Å². The molecule has 2 aromatic carbocycles. The van der Waals surface area contributed by atoms with Gasteiger partial charge in [-0.1, -0.05) is 23.7 Å². The Kier molecular flexibility index (Phi) is 6.23. The lowest BCUT2D eigenvalue weighted by molar-refractivity contribution is -0.135. The Morgan fingerprint density at radius 2 is 1.93 bits per heavy atom. The second kappa shape index (κ2) is 9.01. The van der Waals surface area contributed by atoms with Gasteiger partial charge in [-0.25, -0.2) is 0 Å². The summed E-state index contributed by atoms with van der Waals surface area (Å²) in [7, 11) is 1.52. The highest BCUT2D eigenvalue weighted by Crippen LogP contribution is 2.21. The molecule has 0 aliphatic rings. The Hall–Kier alpha value is -3.39. The minimum atomic E-state index is -0.354. The van der Waals surface area contributed by atoms with Gasteiger partial charge < -0.3 is 19.4 Å². The lowest BCUT2D eigenvalue weighted by Crippen LogP contribution is -2.37. The largest absolute Gasteiger partial charge is 0.484 e. The van der Waals surface area contributed by atoms with Crippen LogP contribution in [-0.2, 0) is 9.59 Å². The summed E-state index contributed by atoms with van der Waals surface area (Å²) in [5.74, 6) is 0.209. The van der Waals surface area contributed by atoms with Crippen LogP contribution in [0.1, 0.15) is 0 Å². The predicted molar refractivity (Wildman–Crippen MR) is 103 cm³/mol. The number of hydrogen-bond donors (Lipinski definition) is 1. The Bertz CT molecular complexity index is 945. The molecule has 0 unspecified atom stereocenters. The van der Waals surface area contributed by atoms with Crippen molar-refractivity contribution in [1.29, 1.82) is 0 Å². The van der Waals surface area contributed by atoms with Crippen LogP contribution < -0.4 is 10.1 Å². The molecule has 9 heteroatoms. The molecule has 0 bridgehead atoms. The van der Waals surface area contributed by atoms with E-state index in [4.69, 9.17) is 20.8 Å². The van der Waals surface area contributed by atoms with Crippen LogP contribution in [0.4, 0.5) is 5.69 Å². The summed E-state index contributed by atoms with van der Waals surface area (Å²) in [6, 6.07) is 13.7. The Morgan fingerprint density at radius 3 is 2.61 bits per heavy atom. The van der Waals surface area contributed by atoms with Gasteiger partial charge in [0, 0.05) is 12.6 Å². The third-order valence-corrected chi connectivity index (χ3v) is 4.11. The standard InChI is InChI=1S/C19H17ClN4O4/c1-24(10-17(25)22-16-5-3-2-4-15(16)20)18(26)11-27-14-8-6-13(7-9-14)19-23-21-12-28-19/h2-9,12H,10-11H2,1H3,(H,22,25). The van der Waals surface area contributed by atoms with Gasteiger partial charge >= 0.3 is 0 Å². The average molecular weight is 401 g/mol. The molecule has 0 saturated heterocycles. The molecular weight excluding hydrogens is 384 g/mol. The van der Waals surface area contributed by atoms with Crippen LogP contribution in [0.3, 0.4) is 0 Å². The van der Waals surface area contributed by atoms with Crippen molar-refractivity contribution in [2.24, 2.45) is 0 Å². The van der Waals surface area contributed by atoms with Crippen LogP contribution in [-0.4, -0.2) is 47.1 Å². The number of ether oxygens (including phenoxy) is 1. The van der Waals surface area contributed by atoms with E-state index in [9.17, 15) is 9.59 Å². The van der Waals surface area contributed by atoms with Crippen LogP contribution in [0.2, 0.25) is 5.02 Å². The number of rotatable bonds is 7. The summed E-state index contributed by atoms with van der Waals surface area (Å²) in [5.41, 5.74) is 1.23. The highest BCUT2D eigenvalue weighted by Gasteiger charge is 2.14. The molecule has 144 valence electrons. The van der Waals surface area contributed by atoms with Crippen molar-refractivity contribution in [3.63, 3.8) is 0 Å². The average Bonchev–Trinajstić information content (AvgIpc) is 3.23. The van der Waals surface area contributed by atoms with E-state index in [1.165, 1.54) is 18.3 Å². The van der Waals surface area contributed by atoms with Crippen molar-refractivity contribution in [2.75, 3.05) is 25.5 Å². The normalized spacial score (nSPS) is 10.4. The first-order valence-corrected chi connectivity index (χ1v) is 8.68. The van der Waals surface area contributed by atoms with E-state index in [-0.39, 0.29) is 25.0 Å². The van der Waals surface area contributed by atoms with Gasteiger partial charge in [0.05, 0.1) is 17.3 Å². The van der Waals surface area contributed by atoms with Crippen molar-refractivity contribution in [2.45, 2.75) is 0 Å². The molecule has 8 nitrogen and oxygen atoms in total. The summed E-state index contributed by atoms with van der Waals surface area (Å²) in [6.45, 7) is -0.320. The van der Waals surface area contributed by atoms with Gasteiger partial charge in [-0.2, -0.15) is 0 Å². The van der Waals surface area contributed by atoms with Gasteiger partial charge in [-0.3, -0.25) is 9.59 Å². The monoisotopic (exact) mass is 400 g/mol. The molecule has 0 radical (unpaired) electrons. The second-order valence-electron chi connectivity index (χ2n) is 5.83. The van der Waals surface area contributed by atoms with Crippen LogP contribution >= 0.6 is 11.6 Å². The predicted octanol–water partition coefficient (Wildman–Crippen LogP) is 2.87. The number of nitrogens with zero attached hydrogens (tertiary/aromatic N) is 3. The first-order chi connectivity index (χ1) is 13.5. The lowest BCUT2D eigenvalue weighted by Gasteiger charge is -2.17. The van der Waals surface area contributed by atoms with Gasteiger partial charge in [0.15, 0.2) is 6.61 Å². The number of amides is 2. The van der Waals surface area contributed by atoms with Crippen molar-refractivity contribution in [1.82, 2.24) is 15.1 Å². The van der Waals surface area contributed by atoms with Gasteiger partial charge in [0.2, 0.25) is 18.2 Å². The minimum Gasteiger partial charge on any atom is -0.484 e. The van der Waals surface area contributed by atoms with E-state index in [1.807, 2.05) is 0 Å². The Labute approximate surface area is 166 Å². The number of nitrogens with one attached hydrogen (secondary N) is 1. The van der Waals surface area contributed by atoms with Crippen molar-refractivity contribution in [3.8, 4) is 17.2 Å². The zero-order chi connectivity index (χ0) is 19.9. The van der Waals surface area contributed by atoms with Crippen molar-refractivity contribution in [3.05, 3.63) is 59.9 Å². The molecule has 3 aromatic rings. The molecule has 0 atom stereocenters. The lowest BCUT2D eigenvalue weighted by atomic mass is 10.2. The first kappa shape index (κ1) is 19.4. The number of carbonyl (C=O) groups excluding carboxylic acids is 2. The number of aromatic nitrogens is 2. The fourth-order valence-electron chi connectivity index (χ4n) is 2.30. The summed E-state index contributed by atoms with van der Waals surface area (Å²) in [6.07, 6.45) is 1.25. The zero-order valence-electron chi connectivity index (χ0n) is 15.0. The topological polar surface area (TPSA) is 97.6 Å². The van der Waals surface area contributed by atoms with Gasteiger partial charge in [0.25, 0.3) is 5.91 Å². The highest BCUT2D eigenvalue weighted by molar-refractivity contribution is 6.33. The van der Waals surface area contributed by atoms with E-state index < -0.39 is 0 Å². The zero-order valence-corrected chi connectivity index (χ0v) is 15.7. The molecule has 3 rings (SSSR count). The molecule has 0 aliphatic heterocycles. The minimum absolute atomic E-state index is 0.122. The molecule has 0 fully saturated rings. The quantitative estimate of drug-likeness (QED) is 0.655. The van der Waals surface area contributed by atoms with Crippen LogP contribution in [0.25, 0.3) is 11.5 Å². The van der Waals surface area contributed by atoms with Crippen LogP contribution in [0, 0.1) is 0 Å². The van der Waals surface area contributed by atoms with Gasteiger partial charge in [0.1, 0.15) is 5.75 Å². The molecule has 1 heterocycles. The third kappa shape index (κ3) is 5.08.